The smallest absolute Gasteiger partial charge is 0.316 e. The molecule has 1 aliphatic carbocycles. The lowest BCUT2D eigenvalue weighted by Crippen LogP contribution is -2.40. The van der Waals surface area contributed by atoms with Crippen molar-refractivity contribution in [2.45, 2.75) is 32.3 Å². The summed E-state index contributed by atoms with van der Waals surface area (Å²) in [5.74, 6) is -1.67. The second kappa shape index (κ2) is 7.15. The van der Waals surface area contributed by atoms with E-state index in [1.807, 2.05) is 18.2 Å². The summed E-state index contributed by atoms with van der Waals surface area (Å²) in [5.41, 5.74) is -0.136. The number of aldehydes is 1. The average molecular weight is 305 g/mol. The number of esters is 1. The Morgan fingerprint density at radius 2 is 1.95 bits per heavy atom. The van der Waals surface area contributed by atoms with Gasteiger partial charge in [0.1, 0.15) is 18.8 Å². The van der Waals surface area contributed by atoms with Gasteiger partial charge in [0.2, 0.25) is 6.54 Å². The Morgan fingerprint density at radius 3 is 2.50 bits per heavy atom. The zero-order valence-electron chi connectivity index (χ0n) is 12.3. The molecule has 0 bridgehead atoms. The van der Waals surface area contributed by atoms with Crippen molar-refractivity contribution in [3.63, 3.8) is 0 Å². The Balaban J connectivity index is 2.09. The van der Waals surface area contributed by atoms with Crippen LogP contribution >= 0.6 is 0 Å². The third-order valence-electron chi connectivity index (χ3n) is 4.30. The van der Waals surface area contributed by atoms with E-state index in [1.54, 1.807) is 12.1 Å². The number of ether oxygens (including phenoxy) is 1. The molecule has 6 heteroatoms. The normalized spacial score (nSPS) is 17.6. The van der Waals surface area contributed by atoms with Crippen molar-refractivity contribution in [3.8, 4) is 0 Å². The van der Waals surface area contributed by atoms with Crippen LogP contribution in [0.2, 0.25) is 0 Å². The van der Waals surface area contributed by atoms with E-state index in [1.165, 1.54) is 0 Å². The fraction of sp³-hybridized carbons (Fsp3) is 0.500. The Kier molecular flexibility index (Phi) is 5.25. The number of benzene rings is 1. The van der Waals surface area contributed by atoms with Gasteiger partial charge in [-0.25, -0.2) is 0 Å². The molecule has 0 aliphatic heterocycles. The number of carbonyl (C=O) groups is 2. The van der Waals surface area contributed by atoms with Crippen LogP contribution in [0.25, 0.3) is 0 Å². The molecular formula is C16H19NO5. The maximum atomic E-state index is 12.3. The van der Waals surface area contributed by atoms with E-state index < -0.39 is 28.8 Å². The van der Waals surface area contributed by atoms with Gasteiger partial charge in [0.15, 0.2) is 0 Å². The third-order valence-corrected chi connectivity index (χ3v) is 4.30. The van der Waals surface area contributed by atoms with Crippen LogP contribution in [0.3, 0.4) is 0 Å². The first-order valence-corrected chi connectivity index (χ1v) is 7.36. The molecule has 2 rings (SSSR count). The van der Waals surface area contributed by atoms with Gasteiger partial charge in [0.25, 0.3) is 0 Å². The van der Waals surface area contributed by atoms with E-state index >= 15 is 0 Å². The summed E-state index contributed by atoms with van der Waals surface area (Å²) in [7, 11) is 0. The van der Waals surface area contributed by atoms with Gasteiger partial charge in [-0.1, -0.05) is 43.2 Å². The molecule has 1 aromatic carbocycles. The first-order valence-electron chi connectivity index (χ1n) is 7.36. The van der Waals surface area contributed by atoms with Gasteiger partial charge in [0, 0.05) is 10.3 Å². The minimum atomic E-state index is -1.01. The van der Waals surface area contributed by atoms with E-state index in [0.29, 0.717) is 12.8 Å². The molecule has 0 unspecified atom stereocenters. The predicted molar refractivity (Wildman–Crippen MR) is 78.6 cm³/mol. The molecule has 1 aliphatic rings. The lowest BCUT2D eigenvalue weighted by atomic mass is 9.75. The van der Waals surface area contributed by atoms with Crippen molar-refractivity contribution in [1.29, 1.82) is 0 Å². The molecular weight excluding hydrogens is 286 g/mol. The van der Waals surface area contributed by atoms with Crippen LogP contribution in [-0.2, 0) is 20.9 Å². The van der Waals surface area contributed by atoms with Crippen molar-refractivity contribution < 1.29 is 19.2 Å². The number of hydrogen-bond acceptors (Lipinski definition) is 5. The number of rotatable bonds is 7. The third kappa shape index (κ3) is 3.69. The molecule has 0 amide bonds. The Labute approximate surface area is 128 Å². The molecule has 0 heterocycles. The summed E-state index contributed by atoms with van der Waals surface area (Å²) in [4.78, 5) is 34.2. The molecule has 22 heavy (non-hydrogen) atoms. The highest BCUT2D eigenvalue weighted by Gasteiger charge is 2.48. The summed E-state index contributed by atoms with van der Waals surface area (Å²) in [6.07, 6.45) is 3.35. The predicted octanol–water partition coefficient (Wildman–Crippen LogP) is 2.38. The summed E-state index contributed by atoms with van der Waals surface area (Å²) < 4.78 is 5.23. The molecule has 6 nitrogen and oxygen atoms in total. The maximum Gasteiger partial charge on any atom is 0.316 e. The Bertz CT molecular complexity index is 537. The molecule has 0 aromatic heterocycles. The minimum absolute atomic E-state index is 0.0584. The standard InChI is InChI=1S/C16H19NO5/c18-12-16(8-4-5-9-16)14(10-17(20)21)15(19)22-11-13-6-2-1-3-7-13/h1-3,6-7,12,14H,4-5,8-11H2/t14-/m1/s1. The van der Waals surface area contributed by atoms with Crippen molar-refractivity contribution in [2.24, 2.45) is 11.3 Å². The van der Waals surface area contributed by atoms with Crippen molar-refractivity contribution in [2.75, 3.05) is 6.54 Å². The molecule has 0 saturated heterocycles. The van der Waals surface area contributed by atoms with Crippen molar-refractivity contribution >= 4 is 12.3 Å². The van der Waals surface area contributed by atoms with Crippen molar-refractivity contribution in [3.05, 3.63) is 46.0 Å². The van der Waals surface area contributed by atoms with E-state index in [4.69, 9.17) is 4.74 Å². The van der Waals surface area contributed by atoms with Crippen LogP contribution in [0.4, 0.5) is 0 Å². The molecule has 118 valence electrons. The Hall–Kier alpha value is -2.24. The molecule has 1 aromatic rings. The van der Waals surface area contributed by atoms with Crippen LogP contribution in [-0.4, -0.2) is 23.7 Å². The summed E-state index contributed by atoms with van der Waals surface area (Å²) in [6, 6.07) is 9.10. The summed E-state index contributed by atoms with van der Waals surface area (Å²) >= 11 is 0. The van der Waals surface area contributed by atoms with Gasteiger partial charge in [-0.2, -0.15) is 0 Å². The van der Waals surface area contributed by atoms with Crippen LogP contribution in [0.15, 0.2) is 30.3 Å². The van der Waals surface area contributed by atoms with Gasteiger partial charge in [-0.05, 0) is 18.4 Å². The quantitative estimate of drug-likeness (QED) is 0.334. The lowest BCUT2D eigenvalue weighted by Gasteiger charge is -2.28. The van der Waals surface area contributed by atoms with Crippen LogP contribution < -0.4 is 0 Å². The SMILES string of the molecule is O=CC1([C@H](C[N+](=O)[O-])C(=O)OCc2ccccc2)CCCC1. The first-order chi connectivity index (χ1) is 10.6. The number of nitro groups is 1. The minimum Gasteiger partial charge on any atom is -0.460 e. The van der Waals surface area contributed by atoms with Crippen LogP contribution in [0.5, 0.6) is 0 Å². The molecule has 1 atom stereocenters. The molecule has 0 radical (unpaired) electrons. The topological polar surface area (TPSA) is 86.5 Å². The molecule has 0 N–H and O–H groups in total. The first kappa shape index (κ1) is 16.1. The van der Waals surface area contributed by atoms with Gasteiger partial charge in [0.05, 0.1) is 0 Å². The van der Waals surface area contributed by atoms with E-state index in [2.05, 4.69) is 0 Å². The van der Waals surface area contributed by atoms with E-state index in [-0.39, 0.29) is 6.61 Å². The van der Waals surface area contributed by atoms with E-state index in [9.17, 15) is 19.7 Å². The van der Waals surface area contributed by atoms with Gasteiger partial charge in [-0.15, -0.1) is 0 Å². The van der Waals surface area contributed by atoms with Gasteiger partial charge >= 0.3 is 5.97 Å². The molecule has 1 fully saturated rings. The van der Waals surface area contributed by atoms with Crippen molar-refractivity contribution in [1.82, 2.24) is 0 Å². The highest BCUT2D eigenvalue weighted by molar-refractivity contribution is 5.79. The van der Waals surface area contributed by atoms with Gasteiger partial charge < -0.3 is 9.53 Å². The number of carbonyl (C=O) groups excluding carboxylic acids is 2. The highest BCUT2D eigenvalue weighted by atomic mass is 16.6. The fourth-order valence-corrected chi connectivity index (χ4v) is 3.05. The number of nitrogens with zero attached hydrogens (tertiary/aromatic N) is 1. The lowest BCUT2D eigenvalue weighted by molar-refractivity contribution is -0.488. The zero-order chi connectivity index (χ0) is 16.0. The second-order valence-electron chi connectivity index (χ2n) is 5.72. The summed E-state index contributed by atoms with van der Waals surface area (Å²) in [6.45, 7) is -0.505. The Morgan fingerprint density at radius 1 is 1.32 bits per heavy atom. The van der Waals surface area contributed by atoms with Gasteiger partial charge in [-0.3, -0.25) is 14.9 Å². The molecule has 0 spiro atoms. The monoisotopic (exact) mass is 305 g/mol. The largest absolute Gasteiger partial charge is 0.460 e. The van der Waals surface area contributed by atoms with Crippen LogP contribution in [0, 0.1) is 21.4 Å². The second-order valence-corrected chi connectivity index (χ2v) is 5.72. The average Bonchev–Trinajstić information content (AvgIpc) is 3.01. The zero-order valence-corrected chi connectivity index (χ0v) is 12.3. The fourth-order valence-electron chi connectivity index (χ4n) is 3.05. The van der Waals surface area contributed by atoms with E-state index in [0.717, 1.165) is 24.7 Å². The summed E-state index contributed by atoms with van der Waals surface area (Å²) in [5, 5.41) is 10.9. The maximum absolute atomic E-state index is 12.3. The van der Waals surface area contributed by atoms with Crippen LogP contribution in [0.1, 0.15) is 31.2 Å². The molecule has 1 saturated carbocycles. The highest BCUT2D eigenvalue weighted by Crippen LogP contribution is 2.43. The number of hydrogen-bond donors (Lipinski definition) is 0.